The number of benzene rings is 1. The van der Waals surface area contributed by atoms with E-state index in [2.05, 4.69) is 11.8 Å². The SMILES string of the molecule is CCCCCN(C)c1cc(N)ccc1C(=O)N(C)C. The fraction of sp³-hybridized carbons (Fsp3) is 0.533. The Morgan fingerprint density at radius 1 is 1.21 bits per heavy atom. The van der Waals surface area contributed by atoms with Gasteiger partial charge in [0, 0.05) is 33.4 Å². The third kappa shape index (κ3) is 4.16. The van der Waals surface area contributed by atoms with E-state index < -0.39 is 0 Å². The highest BCUT2D eigenvalue weighted by atomic mass is 16.2. The van der Waals surface area contributed by atoms with Crippen LogP contribution in [0.1, 0.15) is 36.5 Å². The summed E-state index contributed by atoms with van der Waals surface area (Å²) in [6.07, 6.45) is 3.51. The summed E-state index contributed by atoms with van der Waals surface area (Å²) in [4.78, 5) is 15.9. The molecule has 0 radical (unpaired) electrons. The van der Waals surface area contributed by atoms with E-state index in [-0.39, 0.29) is 5.91 Å². The van der Waals surface area contributed by atoms with Crippen LogP contribution in [-0.2, 0) is 0 Å². The quantitative estimate of drug-likeness (QED) is 0.634. The average molecular weight is 263 g/mol. The van der Waals surface area contributed by atoms with Crippen molar-refractivity contribution < 1.29 is 4.79 Å². The number of carbonyl (C=O) groups is 1. The minimum absolute atomic E-state index is 0.0114. The van der Waals surface area contributed by atoms with E-state index in [0.717, 1.165) is 18.7 Å². The zero-order valence-electron chi connectivity index (χ0n) is 12.4. The van der Waals surface area contributed by atoms with Crippen LogP contribution in [0.25, 0.3) is 0 Å². The summed E-state index contributed by atoms with van der Waals surface area (Å²) in [6, 6.07) is 5.46. The number of nitrogens with two attached hydrogens (primary N) is 1. The summed E-state index contributed by atoms with van der Waals surface area (Å²) in [5.74, 6) is 0.0114. The van der Waals surface area contributed by atoms with Gasteiger partial charge in [0.1, 0.15) is 0 Å². The minimum Gasteiger partial charge on any atom is -0.399 e. The van der Waals surface area contributed by atoms with Crippen LogP contribution in [0.3, 0.4) is 0 Å². The molecule has 0 spiro atoms. The zero-order chi connectivity index (χ0) is 14.4. The van der Waals surface area contributed by atoms with Crippen LogP contribution < -0.4 is 10.6 Å². The Bertz CT molecular complexity index is 429. The van der Waals surface area contributed by atoms with Crippen LogP contribution in [0, 0.1) is 0 Å². The topological polar surface area (TPSA) is 49.6 Å². The molecule has 0 saturated carbocycles. The van der Waals surface area contributed by atoms with Gasteiger partial charge in [-0.15, -0.1) is 0 Å². The minimum atomic E-state index is 0.0114. The predicted octanol–water partition coefficient (Wildman–Crippen LogP) is 2.60. The lowest BCUT2D eigenvalue weighted by molar-refractivity contribution is 0.0828. The first-order valence-electron chi connectivity index (χ1n) is 6.79. The predicted molar refractivity (Wildman–Crippen MR) is 81.7 cm³/mol. The van der Waals surface area contributed by atoms with Gasteiger partial charge in [0.25, 0.3) is 5.91 Å². The zero-order valence-corrected chi connectivity index (χ0v) is 12.4. The van der Waals surface area contributed by atoms with Gasteiger partial charge in [-0.25, -0.2) is 0 Å². The van der Waals surface area contributed by atoms with Crippen LogP contribution in [-0.4, -0.2) is 38.5 Å². The molecule has 1 amide bonds. The second-order valence-corrected chi connectivity index (χ2v) is 5.10. The van der Waals surface area contributed by atoms with Gasteiger partial charge in [0.2, 0.25) is 0 Å². The molecule has 2 N–H and O–H groups in total. The molecule has 0 aliphatic rings. The molecule has 0 bridgehead atoms. The van der Waals surface area contributed by atoms with Gasteiger partial charge < -0.3 is 15.5 Å². The molecule has 0 aromatic heterocycles. The van der Waals surface area contributed by atoms with Crippen LogP contribution >= 0.6 is 0 Å². The molecule has 1 aromatic carbocycles. The van der Waals surface area contributed by atoms with E-state index >= 15 is 0 Å². The van der Waals surface area contributed by atoms with Crippen molar-refractivity contribution in [3.05, 3.63) is 23.8 Å². The summed E-state index contributed by atoms with van der Waals surface area (Å²) < 4.78 is 0. The molecule has 0 aliphatic heterocycles. The maximum absolute atomic E-state index is 12.2. The Kier molecular flexibility index (Phi) is 5.67. The molecule has 4 heteroatoms. The van der Waals surface area contributed by atoms with Crippen molar-refractivity contribution in [3.63, 3.8) is 0 Å². The second-order valence-electron chi connectivity index (χ2n) is 5.10. The number of nitrogens with zero attached hydrogens (tertiary/aromatic N) is 2. The first-order chi connectivity index (χ1) is 8.97. The molecule has 0 heterocycles. The normalized spacial score (nSPS) is 10.3. The molecule has 4 nitrogen and oxygen atoms in total. The van der Waals surface area contributed by atoms with Crippen molar-refractivity contribution >= 4 is 17.3 Å². The Morgan fingerprint density at radius 3 is 2.47 bits per heavy atom. The van der Waals surface area contributed by atoms with E-state index in [1.165, 1.54) is 12.8 Å². The summed E-state index contributed by atoms with van der Waals surface area (Å²) in [5.41, 5.74) is 8.15. The van der Waals surface area contributed by atoms with Crippen LogP contribution in [0.4, 0.5) is 11.4 Å². The van der Waals surface area contributed by atoms with Gasteiger partial charge in [-0.2, -0.15) is 0 Å². The molecule has 1 rings (SSSR count). The number of unbranched alkanes of at least 4 members (excludes halogenated alkanes) is 2. The van der Waals surface area contributed by atoms with Gasteiger partial charge in [-0.05, 0) is 24.6 Å². The van der Waals surface area contributed by atoms with E-state index in [0.29, 0.717) is 11.3 Å². The molecule has 0 atom stereocenters. The molecule has 1 aromatic rings. The van der Waals surface area contributed by atoms with E-state index in [9.17, 15) is 4.79 Å². The maximum atomic E-state index is 12.2. The van der Waals surface area contributed by atoms with Gasteiger partial charge in [-0.1, -0.05) is 19.8 Å². The Balaban J connectivity index is 2.96. The van der Waals surface area contributed by atoms with Crippen molar-refractivity contribution in [2.24, 2.45) is 0 Å². The summed E-state index contributed by atoms with van der Waals surface area (Å²) in [5, 5.41) is 0. The molecule has 0 fully saturated rings. The Labute approximate surface area is 116 Å². The van der Waals surface area contributed by atoms with E-state index in [4.69, 9.17) is 5.73 Å². The lowest BCUT2D eigenvalue weighted by Crippen LogP contribution is -2.26. The van der Waals surface area contributed by atoms with Crippen molar-refractivity contribution in [1.82, 2.24) is 4.90 Å². The fourth-order valence-corrected chi connectivity index (χ4v) is 2.01. The molecule has 106 valence electrons. The number of anilines is 2. The van der Waals surface area contributed by atoms with Crippen LogP contribution in [0.5, 0.6) is 0 Å². The van der Waals surface area contributed by atoms with Gasteiger partial charge >= 0.3 is 0 Å². The van der Waals surface area contributed by atoms with E-state index in [1.54, 1.807) is 25.1 Å². The lowest BCUT2D eigenvalue weighted by Gasteiger charge is -2.23. The number of carbonyl (C=O) groups excluding carboxylic acids is 1. The number of nitrogen functional groups attached to an aromatic ring is 1. The smallest absolute Gasteiger partial charge is 0.255 e. The summed E-state index contributed by atoms with van der Waals surface area (Å²) >= 11 is 0. The maximum Gasteiger partial charge on any atom is 0.255 e. The van der Waals surface area contributed by atoms with Crippen molar-refractivity contribution in [2.75, 3.05) is 38.3 Å². The van der Waals surface area contributed by atoms with Crippen LogP contribution in [0.2, 0.25) is 0 Å². The second kappa shape index (κ2) is 7.02. The third-order valence-electron chi connectivity index (χ3n) is 3.17. The molecular weight excluding hydrogens is 238 g/mol. The lowest BCUT2D eigenvalue weighted by atomic mass is 10.1. The van der Waals surface area contributed by atoms with Gasteiger partial charge in [0.05, 0.1) is 11.3 Å². The highest BCUT2D eigenvalue weighted by Crippen LogP contribution is 2.24. The molecule has 0 aliphatic carbocycles. The van der Waals surface area contributed by atoms with Crippen LogP contribution in [0.15, 0.2) is 18.2 Å². The third-order valence-corrected chi connectivity index (χ3v) is 3.17. The van der Waals surface area contributed by atoms with Crippen molar-refractivity contribution in [3.8, 4) is 0 Å². The standard InChI is InChI=1S/C15H25N3O/c1-5-6-7-10-18(4)14-11-12(16)8-9-13(14)15(19)17(2)3/h8-9,11H,5-7,10,16H2,1-4H3. The van der Waals surface area contributed by atoms with Crippen molar-refractivity contribution in [2.45, 2.75) is 26.2 Å². The first-order valence-corrected chi connectivity index (χ1v) is 6.79. The van der Waals surface area contributed by atoms with Gasteiger partial charge in [-0.3, -0.25) is 4.79 Å². The highest BCUT2D eigenvalue weighted by Gasteiger charge is 2.16. The number of hydrogen-bond acceptors (Lipinski definition) is 3. The summed E-state index contributed by atoms with van der Waals surface area (Å²) in [6.45, 7) is 3.12. The van der Waals surface area contributed by atoms with Gasteiger partial charge in [0.15, 0.2) is 0 Å². The molecule has 0 saturated heterocycles. The first kappa shape index (κ1) is 15.3. The Morgan fingerprint density at radius 2 is 1.89 bits per heavy atom. The Hall–Kier alpha value is -1.71. The summed E-state index contributed by atoms with van der Waals surface area (Å²) in [7, 11) is 5.54. The molecule has 0 unspecified atom stereocenters. The number of amides is 1. The highest BCUT2D eigenvalue weighted by molar-refractivity contribution is 6.00. The van der Waals surface area contributed by atoms with E-state index in [1.807, 2.05) is 19.2 Å². The average Bonchev–Trinajstić information content (AvgIpc) is 2.37. The number of hydrogen-bond donors (Lipinski definition) is 1. The largest absolute Gasteiger partial charge is 0.399 e. The number of rotatable bonds is 6. The fourth-order valence-electron chi connectivity index (χ4n) is 2.01. The monoisotopic (exact) mass is 263 g/mol. The van der Waals surface area contributed by atoms with Crippen molar-refractivity contribution in [1.29, 1.82) is 0 Å². The molecular formula is C15H25N3O. The molecule has 19 heavy (non-hydrogen) atoms.